The lowest BCUT2D eigenvalue weighted by Crippen LogP contribution is -2.31. The SMILES string of the molecule is O=C(O)C(c1ccccc1)C(NCc1ccccc1)c1ccccc1. The number of carboxylic acid groups (broad SMARTS) is 1. The third kappa shape index (κ3) is 4.34. The molecular weight excluding hydrogens is 310 g/mol. The molecule has 0 saturated heterocycles. The van der Waals surface area contributed by atoms with Gasteiger partial charge in [0.05, 0.1) is 0 Å². The normalized spacial score (nSPS) is 13.1. The van der Waals surface area contributed by atoms with Crippen molar-refractivity contribution in [1.82, 2.24) is 5.32 Å². The Morgan fingerprint density at radius 1 is 0.760 bits per heavy atom. The Balaban J connectivity index is 1.93. The fraction of sp³-hybridized carbons (Fsp3) is 0.136. The first kappa shape index (κ1) is 16.9. The molecule has 0 bridgehead atoms. The van der Waals surface area contributed by atoms with Crippen molar-refractivity contribution in [3.63, 3.8) is 0 Å². The summed E-state index contributed by atoms with van der Waals surface area (Å²) in [5.74, 6) is -1.49. The van der Waals surface area contributed by atoms with E-state index in [2.05, 4.69) is 5.32 Å². The molecule has 3 nitrogen and oxygen atoms in total. The molecule has 126 valence electrons. The largest absolute Gasteiger partial charge is 0.481 e. The second kappa shape index (κ2) is 8.27. The number of benzene rings is 3. The van der Waals surface area contributed by atoms with Crippen LogP contribution in [0.1, 0.15) is 28.7 Å². The van der Waals surface area contributed by atoms with Gasteiger partial charge in [0, 0.05) is 12.6 Å². The van der Waals surface area contributed by atoms with Crippen molar-refractivity contribution in [3.8, 4) is 0 Å². The van der Waals surface area contributed by atoms with Crippen LogP contribution in [0.3, 0.4) is 0 Å². The zero-order chi connectivity index (χ0) is 17.5. The van der Waals surface area contributed by atoms with Crippen LogP contribution >= 0.6 is 0 Å². The zero-order valence-corrected chi connectivity index (χ0v) is 13.9. The average molecular weight is 331 g/mol. The fourth-order valence-corrected chi connectivity index (χ4v) is 3.05. The molecule has 0 aromatic heterocycles. The Morgan fingerprint density at radius 3 is 1.76 bits per heavy atom. The summed E-state index contributed by atoms with van der Waals surface area (Å²) in [6, 6.07) is 28.9. The number of aliphatic carboxylic acids is 1. The molecule has 0 aliphatic rings. The van der Waals surface area contributed by atoms with Crippen molar-refractivity contribution in [2.45, 2.75) is 18.5 Å². The number of carbonyl (C=O) groups is 1. The van der Waals surface area contributed by atoms with Gasteiger partial charge in [0.25, 0.3) is 0 Å². The molecule has 2 N–H and O–H groups in total. The van der Waals surface area contributed by atoms with Crippen molar-refractivity contribution in [3.05, 3.63) is 108 Å². The Bertz CT molecular complexity index is 788. The van der Waals surface area contributed by atoms with Crippen LogP contribution in [0.5, 0.6) is 0 Å². The van der Waals surface area contributed by atoms with Gasteiger partial charge in [-0.3, -0.25) is 4.79 Å². The Labute approximate surface area is 148 Å². The molecule has 0 spiro atoms. The summed E-state index contributed by atoms with van der Waals surface area (Å²) in [5.41, 5.74) is 2.89. The van der Waals surface area contributed by atoms with Gasteiger partial charge in [-0.25, -0.2) is 0 Å². The van der Waals surface area contributed by atoms with E-state index in [1.54, 1.807) is 0 Å². The predicted octanol–water partition coefficient (Wildman–Crippen LogP) is 4.39. The van der Waals surface area contributed by atoms with E-state index in [-0.39, 0.29) is 6.04 Å². The van der Waals surface area contributed by atoms with E-state index in [0.717, 1.165) is 16.7 Å². The summed E-state index contributed by atoms with van der Waals surface area (Å²) >= 11 is 0. The lowest BCUT2D eigenvalue weighted by atomic mass is 9.87. The van der Waals surface area contributed by atoms with Crippen LogP contribution in [0, 0.1) is 0 Å². The lowest BCUT2D eigenvalue weighted by molar-refractivity contribution is -0.139. The van der Waals surface area contributed by atoms with E-state index in [9.17, 15) is 9.90 Å². The molecule has 0 aliphatic carbocycles. The molecule has 0 aliphatic heterocycles. The zero-order valence-electron chi connectivity index (χ0n) is 13.9. The molecule has 0 radical (unpaired) electrons. The second-order valence-corrected chi connectivity index (χ2v) is 5.98. The van der Waals surface area contributed by atoms with Gasteiger partial charge in [0.2, 0.25) is 0 Å². The number of hydrogen-bond donors (Lipinski definition) is 2. The van der Waals surface area contributed by atoms with Crippen LogP contribution < -0.4 is 5.32 Å². The average Bonchev–Trinajstić information content (AvgIpc) is 2.67. The first-order valence-electron chi connectivity index (χ1n) is 8.35. The highest BCUT2D eigenvalue weighted by atomic mass is 16.4. The van der Waals surface area contributed by atoms with Gasteiger partial charge in [-0.15, -0.1) is 0 Å². The molecule has 0 amide bonds. The van der Waals surface area contributed by atoms with Crippen molar-refractivity contribution in [2.75, 3.05) is 0 Å². The summed E-state index contributed by atoms with van der Waals surface area (Å²) < 4.78 is 0. The maximum atomic E-state index is 12.1. The monoisotopic (exact) mass is 331 g/mol. The van der Waals surface area contributed by atoms with Crippen LogP contribution in [0.2, 0.25) is 0 Å². The van der Waals surface area contributed by atoms with Crippen molar-refractivity contribution < 1.29 is 9.90 Å². The highest BCUT2D eigenvalue weighted by molar-refractivity contribution is 5.77. The van der Waals surface area contributed by atoms with E-state index in [1.165, 1.54) is 0 Å². The molecule has 3 aromatic carbocycles. The highest BCUT2D eigenvalue weighted by Gasteiger charge is 2.30. The fourth-order valence-electron chi connectivity index (χ4n) is 3.05. The van der Waals surface area contributed by atoms with Gasteiger partial charge >= 0.3 is 5.97 Å². The standard InChI is InChI=1S/C22H21NO2/c24-22(25)20(18-12-6-2-7-13-18)21(19-14-8-3-9-15-19)23-16-17-10-4-1-5-11-17/h1-15,20-21,23H,16H2,(H,24,25). The summed E-state index contributed by atoms with van der Waals surface area (Å²) in [4.78, 5) is 12.1. The number of nitrogens with one attached hydrogen (secondary N) is 1. The number of carboxylic acids is 1. The topological polar surface area (TPSA) is 49.3 Å². The minimum absolute atomic E-state index is 0.318. The lowest BCUT2D eigenvalue weighted by Gasteiger charge is -2.26. The molecule has 2 unspecified atom stereocenters. The third-order valence-corrected chi connectivity index (χ3v) is 4.29. The van der Waals surface area contributed by atoms with E-state index >= 15 is 0 Å². The Morgan fingerprint density at radius 2 is 1.24 bits per heavy atom. The highest BCUT2D eigenvalue weighted by Crippen LogP contribution is 2.31. The van der Waals surface area contributed by atoms with E-state index in [4.69, 9.17) is 0 Å². The smallest absolute Gasteiger partial charge is 0.312 e. The van der Waals surface area contributed by atoms with E-state index < -0.39 is 11.9 Å². The van der Waals surface area contributed by atoms with Gasteiger partial charge in [0.15, 0.2) is 0 Å². The molecule has 0 fully saturated rings. The van der Waals surface area contributed by atoms with Gasteiger partial charge in [-0.2, -0.15) is 0 Å². The molecule has 3 heteroatoms. The van der Waals surface area contributed by atoms with Crippen LogP contribution in [-0.2, 0) is 11.3 Å². The maximum Gasteiger partial charge on any atom is 0.312 e. The van der Waals surface area contributed by atoms with Gasteiger partial charge in [0.1, 0.15) is 5.92 Å². The van der Waals surface area contributed by atoms with Gasteiger partial charge < -0.3 is 10.4 Å². The quantitative estimate of drug-likeness (QED) is 0.675. The van der Waals surface area contributed by atoms with Crippen molar-refractivity contribution in [1.29, 1.82) is 0 Å². The van der Waals surface area contributed by atoms with Crippen LogP contribution in [0.15, 0.2) is 91.0 Å². The molecule has 0 heterocycles. The maximum absolute atomic E-state index is 12.1. The Kier molecular flexibility index (Phi) is 5.60. The van der Waals surface area contributed by atoms with E-state index in [0.29, 0.717) is 6.54 Å². The molecule has 2 atom stereocenters. The summed E-state index contributed by atoms with van der Waals surface area (Å²) in [5, 5.41) is 13.4. The molecule has 0 saturated carbocycles. The van der Waals surface area contributed by atoms with Gasteiger partial charge in [-0.05, 0) is 16.7 Å². The molecular formula is C22H21NO2. The van der Waals surface area contributed by atoms with Crippen LogP contribution in [0.25, 0.3) is 0 Å². The number of rotatable bonds is 7. The van der Waals surface area contributed by atoms with E-state index in [1.807, 2.05) is 91.0 Å². The minimum atomic E-state index is -0.833. The molecule has 3 aromatic rings. The molecule has 3 rings (SSSR count). The van der Waals surface area contributed by atoms with Crippen LogP contribution in [-0.4, -0.2) is 11.1 Å². The Hall–Kier alpha value is -2.91. The summed E-state index contributed by atoms with van der Waals surface area (Å²) in [7, 11) is 0. The third-order valence-electron chi connectivity index (χ3n) is 4.29. The van der Waals surface area contributed by atoms with Gasteiger partial charge in [-0.1, -0.05) is 91.0 Å². The first-order valence-corrected chi connectivity index (χ1v) is 8.35. The summed E-state index contributed by atoms with van der Waals surface area (Å²) in [6.45, 7) is 0.608. The minimum Gasteiger partial charge on any atom is -0.481 e. The summed E-state index contributed by atoms with van der Waals surface area (Å²) in [6.07, 6.45) is 0. The predicted molar refractivity (Wildman–Crippen MR) is 99.3 cm³/mol. The van der Waals surface area contributed by atoms with Crippen molar-refractivity contribution in [2.24, 2.45) is 0 Å². The van der Waals surface area contributed by atoms with Crippen molar-refractivity contribution >= 4 is 5.97 Å². The second-order valence-electron chi connectivity index (χ2n) is 5.98. The first-order chi connectivity index (χ1) is 12.3. The number of hydrogen-bond acceptors (Lipinski definition) is 2. The molecule has 25 heavy (non-hydrogen) atoms. The van der Waals surface area contributed by atoms with Crippen LogP contribution in [0.4, 0.5) is 0 Å².